The third-order valence-electron chi connectivity index (χ3n) is 5.18. The van der Waals surface area contributed by atoms with Crippen LogP contribution in [-0.4, -0.2) is 50.4 Å². The van der Waals surface area contributed by atoms with Crippen LogP contribution in [0.4, 0.5) is 5.00 Å². The van der Waals surface area contributed by atoms with E-state index in [2.05, 4.69) is 5.32 Å². The highest BCUT2D eigenvalue weighted by Crippen LogP contribution is 2.34. The second-order valence-electron chi connectivity index (χ2n) is 7.51. The fourth-order valence-corrected chi connectivity index (χ4v) is 4.69. The van der Waals surface area contributed by atoms with Crippen molar-refractivity contribution >= 4 is 34.2 Å². The number of benzene rings is 1. The van der Waals surface area contributed by atoms with Crippen molar-refractivity contribution in [3.63, 3.8) is 0 Å². The molecule has 1 aromatic carbocycles. The van der Waals surface area contributed by atoms with Crippen LogP contribution in [0.5, 0.6) is 5.75 Å². The van der Waals surface area contributed by atoms with E-state index in [4.69, 9.17) is 18.9 Å². The Balaban J connectivity index is 1.53. The quantitative estimate of drug-likeness (QED) is 0.515. The van der Waals surface area contributed by atoms with Crippen molar-refractivity contribution in [2.75, 3.05) is 31.7 Å². The average molecular weight is 476 g/mol. The Morgan fingerprint density at radius 3 is 2.52 bits per heavy atom. The van der Waals surface area contributed by atoms with Crippen LogP contribution in [0, 0.1) is 6.92 Å². The molecule has 178 valence electrons. The minimum Gasteiger partial charge on any atom is -0.491 e. The van der Waals surface area contributed by atoms with E-state index in [0.29, 0.717) is 34.9 Å². The third-order valence-corrected chi connectivity index (χ3v) is 6.24. The zero-order valence-corrected chi connectivity index (χ0v) is 19.9. The van der Waals surface area contributed by atoms with E-state index in [1.54, 1.807) is 31.2 Å². The lowest BCUT2D eigenvalue weighted by atomic mass is 10.1. The predicted octanol–water partition coefficient (Wildman–Crippen LogP) is 4.15. The van der Waals surface area contributed by atoms with Crippen LogP contribution in [0.15, 0.2) is 24.3 Å². The Morgan fingerprint density at radius 2 is 1.88 bits per heavy atom. The summed E-state index contributed by atoms with van der Waals surface area (Å²) in [6, 6.07) is 6.52. The smallest absolute Gasteiger partial charge is 0.341 e. The van der Waals surface area contributed by atoms with E-state index in [0.717, 1.165) is 29.9 Å². The summed E-state index contributed by atoms with van der Waals surface area (Å²) in [5.41, 5.74) is 1.51. The van der Waals surface area contributed by atoms with Gasteiger partial charge in [-0.15, -0.1) is 11.3 Å². The van der Waals surface area contributed by atoms with Gasteiger partial charge in [0, 0.05) is 11.5 Å². The molecule has 2 heterocycles. The van der Waals surface area contributed by atoms with E-state index >= 15 is 0 Å². The van der Waals surface area contributed by atoms with Gasteiger partial charge < -0.3 is 24.3 Å². The Kier molecular flexibility index (Phi) is 8.85. The van der Waals surface area contributed by atoms with Crippen molar-refractivity contribution in [3.05, 3.63) is 45.8 Å². The average Bonchev–Trinajstić information content (AvgIpc) is 3.43. The van der Waals surface area contributed by atoms with Crippen LogP contribution in [0.2, 0.25) is 0 Å². The van der Waals surface area contributed by atoms with Gasteiger partial charge in [0.05, 0.1) is 23.8 Å². The standard InChI is InChI=1S/C24H29NO7S/c1-4-19-15(3)33-22(21(19)24(28)29-5-2)25-20(26)14-32-23(27)16-8-10-17(11-9-16)31-13-18-7-6-12-30-18/h8-11,18H,4-7,12-14H2,1-3H3,(H,25,26). The fraction of sp³-hybridized carbons (Fsp3) is 0.458. The maximum atomic E-state index is 12.4. The summed E-state index contributed by atoms with van der Waals surface area (Å²) in [6.07, 6.45) is 2.77. The molecule has 8 nitrogen and oxygen atoms in total. The number of anilines is 1. The summed E-state index contributed by atoms with van der Waals surface area (Å²) in [4.78, 5) is 38.0. The largest absolute Gasteiger partial charge is 0.491 e. The molecule has 1 amide bonds. The SMILES string of the molecule is CCOC(=O)c1c(NC(=O)COC(=O)c2ccc(OCC3CCCO3)cc2)sc(C)c1CC. The number of carbonyl (C=O) groups excluding carboxylic acids is 3. The molecule has 33 heavy (non-hydrogen) atoms. The molecule has 1 aromatic heterocycles. The van der Waals surface area contributed by atoms with Crippen LogP contribution in [0.25, 0.3) is 0 Å². The van der Waals surface area contributed by atoms with Crippen molar-refractivity contribution in [1.29, 1.82) is 0 Å². The van der Waals surface area contributed by atoms with Gasteiger partial charge in [0.2, 0.25) is 0 Å². The fourth-order valence-electron chi connectivity index (χ4n) is 3.54. The zero-order valence-electron chi connectivity index (χ0n) is 19.1. The van der Waals surface area contributed by atoms with Crippen LogP contribution < -0.4 is 10.1 Å². The topological polar surface area (TPSA) is 100 Å². The molecule has 0 saturated carbocycles. The first-order valence-electron chi connectivity index (χ1n) is 11.0. The predicted molar refractivity (Wildman–Crippen MR) is 124 cm³/mol. The Labute approximate surface area is 197 Å². The number of esters is 2. The molecule has 0 radical (unpaired) electrons. The van der Waals surface area contributed by atoms with Crippen molar-refractivity contribution in [2.24, 2.45) is 0 Å². The summed E-state index contributed by atoms with van der Waals surface area (Å²) in [5, 5.41) is 3.07. The van der Waals surface area contributed by atoms with Crippen LogP contribution in [0.3, 0.4) is 0 Å². The van der Waals surface area contributed by atoms with Gasteiger partial charge in [-0.1, -0.05) is 6.92 Å². The van der Waals surface area contributed by atoms with E-state index in [-0.39, 0.29) is 12.7 Å². The number of ether oxygens (including phenoxy) is 4. The molecule has 0 spiro atoms. The molecule has 1 aliphatic rings. The monoisotopic (exact) mass is 475 g/mol. The van der Waals surface area contributed by atoms with Crippen molar-refractivity contribution in [2.45, 2.75) is 46.1 Å². The Hall–Kier alpha value is -2.91. The molecule has 1 unspecified atom stereocenters. The summed E-state index contributed by atoms with van der Waals surface area (Å²) in [6.45, 7) is 6.54. The lowest BCUT2D eigenvalue weighted by molar-refractivity contribution is -0.119. The number of aryl methyl sites for hydroxylation is 1. The molecule has 9 heteroatoms. The second kappa shape index (κ2) is 11.8. The van der Waals surface area contributed by atoms with Gasteiger partial charge in [0.1, 0.15) is 17.4 Å². The maximum absolute atomic E-state index is 12.4. The summed E-state index contributed by atoms with van der Waals surface area (Å²) in [5.74, 6) is -1.01. The minimum atomic E-state index is -0.627. The number of amides is 1. The first-order valence-corrected chi connectivity index (χ1v) is 11.8. The van der Waals surface area contributed by atoms with Crippen molar-refractivity contribution in [3.8, 4) is 5.75 Å². The highest BCUT2D eigenvalue weighted by Gasteiger charge is 2.24. The van der Waals surface area contributed by atoms with E-state index in [1.165, 1.54) is 11.3 Å². The normalized spacial score (nSPS) is 15.2. The van der Waals surface area contributed by atoms with E-state index in [1.807, 2.05) is 13.8 Å². The number of hydrogen-bond donors (Lipinski definition) is 1. The first kappa shape index (κ1) is 24.7. The Morgan fingerprint density at radius 1 is 1.12 bits per heavy atom. The van der Waals surface area contributed by atoms with Gasteiger partial charge in [-0.05, 0) is 62.9 Å². The lowest BCUT2D eigenvalue weighted by Gasteiger charge is -2.11. The molecule has 1 N–H and O–H groups in total. The third kappa shape index (κ3) is 6.55. The molecule has 0 aliphatic carbocycles. The molecule has 1 saturated heterocycles. The van der Waals surface area contributed by atoms with Crippen LogP contribution in [0.1, 0.15) is 57.8 Å². The number of rotatable bonds is 10. The first-order chi connectivity index (χ1) is 15.9. The van der Waals surface area contributed by atoms with Gasteiger partial charge in [-0.2, -0.15) is 0 Å². The van der Waals surface area contributed by atoms with Gasteiger partial charge in [-0.25, -0.2) is 9.59 Å². The number of hydrogen-bond acceptors (Lipinski definition) is 8. The minimum absolute atomic E-state index is 0.109. The summed E-state index contributed by atoms with van der Waals surface area (Å²) in [7, 11) is 0. The second-order valence-corrected chi connectivity index (χ2v) is 8.73. The maximum Gasteiger partial charge on any atom is 0.341 e. The molecule has 1 aliphatic heterocycles. The lowest BCUT2D eigenvalue weighted by Crippen LogP contribution is -2.22. The summed E-state index contributed by atoms with van der Waals surface area (Å²) >= 11 is 1.30. The highest BCUT2D eigenvalue weighted by molar-refractivity contribution is 7.16. The molecular weight excluding hydrogens is 446 g/mol. The number of nitrogens with one attached hydrogen (secondary N) is 1. The number of thiophene rings is 1. The van der Waals surface area contributed by atoms with Gasteiger partial charge in [0.15, 0.2) is 6.61 Å². The van der Waals surface area contributed by atoms with Gasteiger partial charge >= 0.3 is 11.9 Å². The van der Waals surface area contributed by atoms with Crippen molar-refractivity contribution in [1.82, 2.24) is 0 Å². The van der Waals surface area contributed by atoms with Gasteiger partial charge in [-0.3, -0.25) is 4.79 Å². The molecule has 0 bridgehead atoms. The van der Waals surface area contributed by atoms with Crippen molar-refractivity contribution < 1.29 is 33.3 Å². The number of carbonyl (C=O) groups is 3. The zero-order chi connectivity index (χ0) is 23.8. The summed E-state index contributed by atoms with van der Waals surface area (Å²) < 4.78 is 21.5. The van der Waals surface area contributed by atoms with Crippen LogP contribution >= 0.6 is 11.3 Å². The highest BCUT2D eigenvalue weighted by atomic mass is 32.1. The molecule has 1 fully saturated rings. The molecule has 3 rings (SSSR count). The van der Waals surface area contributed by atoms with Gasteiger partial charge in [0.25, 0.3) is 5.91 Å². The molecular formula is C24H29NO7S. The van der Waals surface area contributed by atoms with Crippen LogP contribution in [-0.2, 0) is 25.4 Å². The van der Waals surface area contributed by atoms with E-state index in [9.17, 15) is 14.4 Å². The molecule has 1 atom stereocenters. The Bertz CT molecular complexity index is 977. The van der Waals surface area contributed by atoms with E-state index < -0.39 is 24.5 Å². The molecule has 2 aromatic rings.